The van der Waals surface area contributed by atoms with E-state index in [4.69, 9.17) is 14.0 Å². The van der Waals surface area contributed by atoms with Crippen LogP contribution in [0.15, 0.2) is 53.3 Å². The van der Waals surface area contributed by atoms with Gasteiger partial charge in [0, 0.05) is 12.1 Å². The van der Waals surface area contributed by atoms with Gasteiger partial charge in [0.2, 0.25) is 0 Å². The van der Waals surface area contributed by atoms with Crippen molar-refractivity contribution < 1.29 is 14.0 Å². The molecule has 0 bridgehead atoms. The third-order valence-electron chi connectivity index (χ3n) is 4.83. The predicted octanol–water partition coefficient (Wildman–Crippen LogP) is 4.27. The van der Waals surface area contributed by atoms with E-state index in [1.165, 1.54) is 6.33 Å². The van der Waals surface area contributed by atoms with Gasteiger partial charge in [-0.1, -0.05) is 35.5 Å². The van der Waals surface area contributed by atoms with E-state index in [-0.39, 0.29) is 0 Å². The first-order valence-corrected chi connectivity index (χ1v) is 9.32. The highest BCUT2D eigenvalue weighted by atomic mass is 16.5. The highest BCUT2D eigenvalue weighted by molar-refractivity contribution is 5.98. The van der Waals surface area contributed by atoms with Crippen molar-refractivity contribution in [3.05, 3.63) is 59.9 Å². The van der Waals surface area contributed by atoms with E-state index >= 15 is 0 Å². The maximum Gasteiger partial charge on any atom is 0.263 e. The van der Waals surface area contributed by atoms with E-state index < -0.39 is 0 Å². The molecule has 0 unspecified atom stereocenters. The number of nitrogens with one attached hydrogen (secondary N) is 1. The smallest absolute Gasteiger partial charge is 0.263 e. The number of benzene rings is 2. The second kappa shape index (κ2) is 8.18. The molecule has 0 atom stereocenters. The zero-order chi connectivity index (χ0) is 20.2. The SMILES string of the molecule is COc1ccc(CCNc2ncnc3onc(-c4ccccc4C)c23)cc1OC. The van der Waals surface area contributed by atoms with Crippen LogP contribution in [0.25, 0.3) is 22.4 Å². The Bertz CT molecular complexity index is 1140. The summed E-state index contributed by atoms with van der Waals surface area (Å²) in [7, 11) is 3.26. The Morgan fingerprint density at radius 2 is 1.83 bits per heavy atom. The number of methoxy groups -OCH3 is 2. The van der Waals surface area contributed by atoms with Crippen LogP contribution in [-0.2, 0) is 6.42 Å². The number of anilines is 1. The third kappa shape index (κ3) is 3.71. The summed E-state index contributed by atoms with van der Waals surface area (Å²) in [5.74, 6) is 2.14. The normalized spacial score (nSPS) is 10.9. The molecule has 0 saturated carbocycles. The lowest BCUT2D eigenvalue weighted by Crippen LogP contribution is -2.07. The Morgan fingerprint density at radius 1 is 1.00 bits per heavy atom. The van der Waals surface area contributed by atoms with Crippen LogP contribution in [0.2, 0.25) is 0 Å². The Labute approximate surface area is 168 Å². The second-order valence-electron chi connectivity index (χ2n) is 6.61. The van der Waals surface area contributed by atoms with Gasteiger partial charge in [0.1, 0.15) is 23.2 Å². The van der Waals surface area contributed by atoms with Crippen molar-refractivity contribution in [2.24, 2.45) is 0 Å². The Hall–Kier alpha value is -3.61. The lowest BCUT2D eigenvalue weighted by Gasteiger charge is -2.11. The molecule has 4 rings (SSSR count). The number of aryl methyl sites for hydroxylation is 1. The fourth-order valence-electron chi connectivity index (χ4n) is 3.30. The van der Waals surface area contributed by atoms with Gasteiger partial charge < -0.3 is 19.3 Å². The van der Waals surface area contributed by atoms with Crippen LogP contribution in [0, 0.1) is 6.92 Å². The number of rotatable bonds is 7. The van der Waals surface area contributed by atoms with Crippen LogP contribution in [0.3, 0.4) is 0 Å². The molecular formula is C22H22N4O3. The fourth-order valence-corrected chi connectivity index (χ4v) is 3.30. The van der Waals surface area contributed by atoms with Gasteiger partial charge in [0.05, 0.1) is 14.2 Å². The van der Waals surface area contributed by atoms with E-state index in [0.29, 0.717) is 23.8 Å². The summed E-state index contributed by atoms with van der Waals surface area (Å²) in [6, 6.07) is 14.0. The maximum absolute atomic E-state index is 5.45. The summed E-state index contributed by atoms with van der Waals surface area (Å²) in [5.41, 5.74) is 4.45. The van der Waals surface area contributed by atoms with Gasteiger partial charge in [-0.2, -0.15) is 4.98 Å². The average Bonchev–Trinajstić information content (AvgIpc) is 3.19. The van der Waals surface area contributed by atoms with Crippen LogP contribution in [0.1, 0.15) is 11.1 Å². The molecular weight excluding hydrogens is 368 g/mol. The molecule has 29 heavy (non-hydrogen) atoms. The Morgan fingerprint density at radius 3 is 2.62 bits per heavy atom. The van der Waals surface area contributed by atoms with Gasteiger partial charge in [-0.25, -0.2) is 4.98 Å². The van der Waals surface area contributed by atoms with E-state index in [2.05, 4.69) is 20.4 Å². The molecule has 148 valence electrons. The minimum Gasteiger partial charge on any atom is -0.493 e. The Kier molecular flexibility index (Phi) is 5.29. The van der Waals surface area contributed by atoms with Crippen LogP contribution in [0.4, 0.5) is 5.82 Å². The van der Waals surface area contributed by atoms with Gasteiger partial charge in [0.15, 0.2) is 11.5 Å². The summed E-state index contributed by atoms with van der Waals surface area (Å²) in [4.78, 5) is 8.64. The molecule has 0 radical (unpaired) electrons. The van der Waals surface area contributed by atoms with E-state index in [1.54, 1.807) is 14.2 Å². The first-order chi connectivity index (χ1) is 14.2. The van der Waals surface area contributed by atoms with Gasteiger partial charge in [0.25, 0.3) is 5.71 Å². The molecule has 1 N–H and O–H groups in total. The highest BCUT2D eigenvalue weighted by Gasteiger charge is 2.17. The molecule has 0 saturated heterocycles. The number of ether oxygens (including phenoxy) is 2. The van der Waals surface area contributed by atoms with Crippen LogP contribution in [0.5, 0.6) is 11.5 Å². The summed E-state index contributed by atoms with van der Waals surface area (Å²) >= 11 is 0. The number of hydrogen-bond donors (Lipinski definition) is 1. The quantitative estimate of drug-likeness (QED) is 0.505. The molecule has 0 spiro atoms. The standard InChI is InChI=1S/C22H22N4O3/c1-14-6-4-5-7-16(14)20-19-21(24-13-25-22(19)29-26-20)23-11-10-15-8-9-17(27-2)18(12-15)28-3/h4-9,12-13H,10-11H2,1-3H3,(H,23,24,25). The molecule has 7 nitrogen and oxygen atoms in total. The zero-order valence-electron chi connectivity index (χ0n) is 16.6. The number of fused-ring (bicyclic) bond motifs is 1. The Balaban J connectivity index is 1.58. The predicted molar refractivity (Wildman–Crippen MR) is 112 cm³/mol. The van der Waals surface area contributed by atoms with Gasteiger partial charge in [-0.05, 0) is 36.6 Å². The fraction of sp³-hybridized carbons (Fsp3) is 0.227. The van der Waals surface area contributed by atoms with Crippen molar-refractivity contribution in [3.8, 4) is 22.8 Å². The highest BCUT2D eigenvalue weighted by Crippen LogP contribution is 2.33. The van der Waals surface area contributed by atoms with Crippen molar-refractivity contribution in [2.75, 3.05) is 26.1 Å². The van der Waals surface area contributed by atoms with Crippen LogP contribution < -0.4 is 14.8 Å². The van der Waals surface area contributed by atoms with Crippen LogP contribution in [-0.4, -0.2) is 35.9 Å². The first-order valence-electron chi connectivity index (χ1n) is 9.32. The second-order valence-corrected chi connectivity index (χ2v) is 6.61. The van der Waals surface area contributed by atoms with Crippen molar-refractivity contribution in [1.29, 1.82) is 0 Å². The van der Waals surface area contributed by atoms with Gasteiger partial charge in [-0.3, -0.25) is 0 Å². The number of nitrogens with zero attached hydrogens (tertiary/aromatic N) is 3. The lowest BCUT2D eigenvalue weighted by atomic mass is 10.0. The van der Waals surface area contributed by atoms with Crippen molar-refractivity contribution in [3.63, 3.8) is 0 Å². The van der Waals surface area contributed by atoms with Gasteiger partial charge in [-0.15, -0.1) is 0 Å². The minimum absolute atomic E-state index is 0.465. The zero-order valence-corrected chi connectivity index (χ0v) is 16.6. The van der Waals surface area contributed by atoms with E-state index in [1.807, 2.05) is 49.4 Å². The van der Waals surface area contributed by atoms with Crippen molar-refractivity contribution >= 4 is 16.9 Å². The molecule has 0 aliphatic rings. The molecule has 7 heteroatoms. The van der Waals surface area contributed by atoms with Gasteiger partial charge >= 0.3 is 0 Å². The topological polar surface area (TPSA) is 82.3 Å². The monoisotopic (exact) mass is 390 g/mol. The summed E-state index contributed by atoms with van der Waals surface area (Å²) in [6.07, 6.45) is 2.27. The molecule has 0 amide bonds. The molecule has 2 aromatic carbocycles. The third-order valence-corrected chi connectivity index (χ3v) is 4.83. The van der Waals surface area contributed by atoms with Crippen molar-refractivity contribution in [1.82, 2.24) is 15.1 Å². The van der Waals surface area contributed by atoms with Crippen molar-refractivity contribution in [2.45, 2.75) is 13.3 Å². The van der Waals surface area contributed by atoms with E-state index in [9.17, 15) is 0 Å². The molecule has 0 fully saturated rings. The summed E-state index contributed by atoms with van der Waals surface area (Å²) in [5, 5.41) is 8.43. The number of hydrogen-bond acceptors (Lipinski definition) is 7. The molecule has 0 aliphatic carbocycles. The summed E-state index contributed by atoms with van der Waals surface area (Å²) in [6.45, 7) is 2.73. The minimum atomic E-state index is 0.465. The summed E-state index contributed by atoms with van der Waals surface area (Å²) < 4.78 is 16.1. The van der Waals surface area contributed by atoms with Crippen LogP contribution >= 0.6 is 0 Å². The average molecular weight is 390 g/mol. The first kappa shape index (κ1) is 18.7. The lowest BCUT2D eigenvalue weighted by molar-refractivity contribution is 0.354. The largest absolute Gasteiger partial charge is 0.493 e. The molecule has 4 aromatic rings. The molecule has 2 aromatic heterocycles. The molecule has 2 heterocycles. The number of aromatic nitrogens is 3. The van der Waals surface area contributed by atoms with E-state index in [0.717, 1.165) is 39.9 Å². The maximum atomic E-state index is 5.45. The molecule has 0 aliphatic heterocycles.